The first-order chi connectivity index (χ1) is 13.8. The molecule has 4 N–H and O–H groups in total. The van der Waals surface area contributed by atoms with Gasteiger partial charge in [-0.25, -0.2) is 4.79 Å². The number of carbonyl (C=O) groups excluding carboxylic acids is 2. The minimum atomic E-state index is -1.07. The Morgan fingerprint density at radius 2 is 1.90 bits per heavy atom. The number of rotatable bonds is 11. The molecule has 1 heterocycles. The van der Waals surface area contributed by atoms with E-state index in [1.165, 1.54) is 9.80 Å². The topological polar surface area (TPSA) is 137 Å². The van der Waals surface area contributed by atoms with Gasteiger partial charge in [0.05, 0.1) is 6.61 Å². The summed E-state index contributed by atoms with van der Waals surface area (Å²) in [4.78, 5) is 38.7. The van der Waals surface area contributed by atoms with E-state index in [4.69, 9.17) is 15.9 Å². The van der Waals surface area contributed by atoms with E-state index >= 15 is 0 Å². The third-order valence-electron chi connectivity index (χ3n) is 4.82. The van der Waals surface area contributed by atoms with Crippen molar-refractivity contribution in [1.82, 2.24) is 9.80 Å². The largest absolute Gasteiger partial charge is 0.494 e. The van der Waals surface area contributed by atoms with Crippen LogP contribution in [-0.2, 0) is 14.4 Å². The molecule has 0 spiro atoms. The fraction of sp³-hybridized carbons (Fsp3) is 0.500. The van der Waals surface area contributed by atoms with Gasteiger partial charge in [-0.1, -0.05) is 13.3 Å². The lowest BCUT2D eigenvalue weighted by molar-refractivity contribution is -0.162. The van der Waals surface area contributed by atoms with Crippen molar-refractivity contribution in [2.45, 2.75) is 38.6 Å². The third-order valence-corrected chi connectivity index (χ3v) is 4.82. The normalized spacial score (nSPS) is 15.3. The van der Waals surface area contributed by atoms with Gasteiger partial charge in [-0.05, 0) is 43.5 Å². The third kappa shape index (κ3) is 5.94. The van der Waals surface area contributed by atoms with Crippen LogP contribution in [0.2, 0.25) is 0 Å². The molecule has 0 radical (unpaired) electrons. The first kappa shape index (κ1) is 22.2. The van der Waals surface area contributed by atoms with Gasteiger partial charge in [-0.3, -0.25) is 15.0 Å². The number of nitrogens with one attached hydrogen (secondary N) is 1. The highest BCUT2D eigenvalue weighted by Gasteiger charge is 2.38. The molecule has 0 saturated carbocycles. The molecule has 1 aromatic carbocycles. The van der Waals surface area contributed by atoms with Gasteiger partial charge in [-0.15, -0.1) is 0 Å². The Morgan fingerprint density at radius 3 is 2.48 bits per heavy atom. The lowest BCUT2D eigenvalue weighted by Gasteiger charge is -2.36. The number of amides is 2. The lowest BCUT2D eigenvalue weighted by atomic mass is 10.1. The molecule has 1 unspecified atom stereocenters. The number of carboxylic acids is 1. The van der Waals surface area contributed by atoms with Gasteiger partial charge in [0.1, 0.15) is 17.6 Å². The maximum Gasteiger partial charge on any atom is 0.326 e. The lowest BCUT2D eigenvalue weighted by Crippen LogP contribution is -2.59. The average Bonchev–Trinajstić information content (AvgIpc) is 2.69. The van der Waals surface area contributed by atoms with Crippen LogP contribution >= 0.6 is 0 Å². The fourth-order valence-electron chi connectivity index (χ4n) is 3.21. The van der Waals surface area contributed by atoms with Crippen LogP contribution in [0.1, 0.15) is 38.2 Å². The zero-order valence-electron chi connectivity index (χ0n) is 16.6. The van der Waals surface area contributed by atoms with Gasteiger partial charge in [-0.2, -0.15) is 0 Å². The summed E-state index contributed by atoms with van der Waals surface area (Å²) in [5, 5.41) is 16.7. The summed E-state index contributed by atoms with van der Waals surface area (Å²) < 4.78 is 5.62. The Bertz CT molecular complexity index is 750. The minimum Gasteiger partial charge on any atom is -0.494 e. The van der Waals surface area contributed by atoms with Gasteiger partial charge in [0.25, 0.3) is 0 Å². The molecule has 1 aromatic rings. The first-order valence-corrected chi connectivity index (χ1v) is 9.75. The Labute approximate surface area is 169 Å². The van der Waals surface area contributed by atoms with Crippen LogP contribution in [0.5, 0.6) is 5.75 Å². The predicted octanol–water partition coefficient (Wildman–Crippen LogP) is 1.05. The Balaban J connectivity index is 1.75. The number of benzene rings is 1. The van der Waals surface area contributed by atoms with Crippen molar-refractivity contribution in [1.29, 1.82) is 5.41 Å². The number of nitrogens with two attached hydrogens (primary N) is 1. The summed E-state index contributed by atoms with van der Waals surface area (Å²) in [6.45, 7) is 3.31. The van der Waals surface area contributed by atoms with Crippen molar-refractivity contribution >= 4 is 23.6 Å². The van der Waals surface area contributed by atoms with Crippen molar-refractivity contribution < 1.29 is 24.2 Å². The summed E-state index contributed by atoms with van der Waals surface area (Å²) in [6.07, 6.45) is 2.32. The van der Waals surface area contributed by atoms with E-state index in [2.05, 4.69) is 0 Å². The number of nitrogen functional groups attached to an aromatic ring is 1. The molecule has 0 bridgehead atoms. The number of aliphatic carboxylic acids is 1. The van der Waals surface area contributed by atoms with E-state index in [1.807, 2.05) is 6.92 Å². The van der Waals surface area contributed by atoms with Crippen molar-refractivity contribution in [3.8, 4) is 5.75 Å². The van der Waals surface area contributed by atoms with Crippen LogP contribution in [0.3, 0.4) is 0 Å². The number of piperazine rings is 1. The minimum absolute atomic E-state index is 0.000214. The summed E-state index contributed by atoms with van der Waals surface area (Å²) >= 11 is 0. The molecule has 29 heavy (non-hydrogen) atoms. The molecule has 2 amide bonds. The number of ether oxygens (including phenoxy) is 1. The monoisotopic (exact) mass is 404 g/mol. The highest BCUT2D eigenvalue weighted by molar-refractivity contribution is 6.35. The van der Waals surface area contributed by atoms with E-state index in [-0.39, 0.29) is 12.4 Å². The second kappa shape index (κ2) is 10.4. The van der Waals surface area contributed by atoms with Crippen LogP contribution in [0.25, 0.3) is 0 Å². The Kier molecular flexibility index (Phi) is 7.99. The van der Waals surface area contributed by atoms with Crippen LogP contribution in [0.4, 0.5) is 0 Å². The standard InChI is InChI=1S/C20H28N4O5/c1-2-5-16(20(27)28)24-12-11-23(18(25)19(24)26)10-3-4-13-29-15-8-6-14(7-9-15)17(21)22/h6-9,16H,2-5,10-13H2,1H3,(H3,21,22)(H,27,28). The van der Waals surface area contributed by atoms with E-state index in [0.29, 0.717) is 56.7 Å². The van der Waals surface area contributed by atoms with Crippen LogP contribution in [-0.4, -0.2) is 70.8 Å². The number of unbranched alkanes of at least 4 members (excludes halogenated alkanes) is 1. The summed E-state index contributed by atoms with van der Waals surface area (Å²) in [6, 6.07) is 5.97. The molecule has 1 aliphatic rings. The average molecular weight is 404 g/mol. The van der Waals surface area contributed by atoms with Crippen molar-refractivity contribution in [3.05, 3.63) is 29.8 Å². The van der Waals surface area contributed by atoms with Crippen molar-refractivity contribution in [3.63, 3.8) is 0 Å². The summed E-state index contributed by atoms with van der Waals surface area (Å²) in [5.41, 5.74) is 6.03. The molecule has 9 nitrogen and oxygen atoms in total. The summed E-state index contributed by atoms with van der Waals surface area (Å²) in [5.74, 6) is -1.78. The molecular formula is C20H28N4O5. The molecule has 1 aliphatic heterocycles. The number of hydrogen-bond donors (Lipinski definition) is 3. The SMILES string of the molecule is CCCC(C(=O)O)N1CCN(CCCCOc2ccc(C(=N)N)cc2)C(=O)C1=O. The number of amidine groups is 1. The van der Waals surface area contributed by atoms with E-state index in [1.54, 1.807) is 24.3 Å². The molecular weight excluding hydrogens is 376 g/mol. The molecule has 0 aliphatic carbocycles. The zero-order valence-corrected chi connectivity index (χ0v) is 16.6. The van der Waals surface area contributed by atoms with Crippen molar-refractivity contribution in [2.24, 2.45) is 5.73 Å². The predicted molar refractivity (Wildman–Crippen MR) is 107 cm³/mol. The van der Waals surface area contributed by atoms with Gasteiger partial charge in [0.2, 0.25) is 0 Å². The zero-order chi connectivity index (χ0) is 21.4. The Morgan fingerprint density at radius 1 is 1.21 bits per heavy atom. The van der Waals surface area contributed by atoms with E-state index < -0.39 is 23.8 Å². The van der Waals surface area contributed by atoms with E-state index in [9.17, 15) is 19.5 Å². The van der Waals surface area contributed by atoms with Crippen molar-refractivity contribution in [2.75, 3.05) is 26.2 Å². The fourth-order valence-corrected chi connectivity index (χ4v) is 3.21. The molecule has 158 valence electrons. The summed E-state index contributed by atoms with van der Waals surface area (Å²) in [7, 11) is 0. The van der Waals surface area contributed by atoms with Crippen LogP contribution in [0.15, 0.2) is 24.3 Å². The number of carboxylic acid groups (broad SMARTS) is 1. The van der Waals surface area contributed by atoms with Gasteiger partial charge < -0.3 is 25.4 Å². The molecule has 1 atom stereocenters. The quantitative estimate of drug-likeness (QED) is 0.218. The van der Waals surface area contributed by atoms with Crippen LogP contribution < -0.4 is 10.5 Å². The molecule has 1 saturated heterocycles. The van der Waals surface area contributed by atoms with Gasteiger partial charge >= 0.3 is 17.8 Å². The molecule has 1 fully saturated rings. The molecule has 2 rings (SSSR count). The number of carbonyl (C=O) groups is 3. The number of nitrogens with zero attached hydrogens (tertiary/aromatic N) is 2. The number of hydrogen-bond acceptors (Lipinski definition) is 5. The van der Waals surface area contributed by atoms with Gasteiger partial charge in [0.15, 0.2) is 0 Å². The smallest absolute Gasteiger partial charge is 0.326 e. The highest BCUT2D eigenvalue weighted by Crippen LogP contribution is 2.15. The maximum atomic E-state index is 12.3. The second-order valence-corrected chi connectivity index (χ2v) is 6.93. The maximum absolute atomic E-state index is 12.3. The molecule has 0 aromatic heterocycles. The van der Waals surface area contributed by atoms with E-state index in [0.717, 1.165) is 0 Å². The molecule has 9 heteroatoms. The highest BCUT2D eigenvalue weighted by atomic mass is 16.5. The second-order valence-electron chi connectivity index (χ2n) is 6.93. The Hall–Kier alpha value is -3.10. The van der Waals surface area contributed by atoms with Gasteiger partial charge in [0, 0.05) is 25.2 Å². The first-order valence-electron chi connectivity index (χ1n) is 9.75. The van der Waals surface area contributed by atoms with Crippen LogP contribution in [0, 0.1) is 5.41 Å².